The molecule has 1 heterocycles. The molecular weight excluding hydrogens is 232 g/mol. The number of hydrogen-bond acceptors (Lipinski definition) is 1. The van der Waals surface area contributed by atoms with Crippen LogP contribution in [0.25, 0.3) is 11.0 Å². The fourth-order valence-electron chi connectivity index (χ4n) is 2.36. The molecule has 0 spiro atoms. The standard InChI is InChI=1S/C14H19ClN2/c1-6-14(3,4)11-9(2)7-10-13(12(11)15)16-8-17(10)5/h7-8H,6H2,1-5H3. The molecule has 0 saturated heterocycles. The smallest absolute Gasteiger partial charge is 0.107 e. The maximum absolute atomic E-state index is 6.55. The largest absolute Gasteiger partial charge is 0.334 e. The highest BCUT2D eigenvalue weighted by Crippen LogP contribution is 2.38. The fourth-order valence-corrected chi connectivity index (χ4v) is 2.91. The average Bonchev–Trinajstić information content (AvgIpc) is 2.60. The second-order valence-corrected chi connectivity index (χ2v) is 5.72. The minimum absolute atomic E-state index is 0.0902. The van der Waals surface area contributed by atoms with E-state index in [0.29, 0.717) is 0 Å². The van der Waals surface area contributed by atoms with Crippen molar-refractivity contribution in [1.82, 2.24) is 9.55 Å². The second kappa shape index (κ2) is 4.02. The van der Waals surface area contributed by atoms with Gasteiger partial charge in [-0.25, -0.2) is 4.98 Å². The molecule has 3 heteroatoms. The van der Waals surface area contributed by atoms with Crippen LogP contribution in [-0.4, -0.2) is 9.55 Å². The van der Waals surface area contributed by atoms with Gasteiger partial charge in [0.25, 0.3) is 0 Å². The molecule has 17 heavy (non-hydrogen) atoms. The summed E-state index contributed by atoms with van der Waals surface area (Å²) in [5, 5.41) is 0.812. The van der Waals surface area contributed by atoms with Crippen LogP contribution in [0.2, 0.25) is 5.02 Å². The van der Waals surface area contributed by atoms with Gasteiger partial charge in [0.2, 0.25) is 0 Å². The van der Waals surface area contributed by atoms with Crippen molar-refractivity contribution >= 4 is 22.6 Å². The first kappa shape index (κ1) is 12.4. The van der Waals surface area contributed by atoms with E-state index in [9.17, 15) is 0 Å². The predicted molar refractivity (Wildman–Crippen MR) is 73.8 cm³/mol. The van der Waals surface area contributed by atoms with Crippen molar-refractivity contribution < 1.29 is 0 Å². The zero-order valence-corrected chi connectivity index (χ0v) is 11.9. The van der Waals surface area contributed by atoms with Crippen LogP contribution in [-0.2, 0) is 12.5 Å². The van der Waals surface area contributed by atoms with Crippen LogP contribution in [0.4, 0.5) is 0 Å². The average molecular weight is 251 g/mol. The number of aryl methyl sites for hydroxylation is 2. The van der Waals surface area contributed by atoms with Gasteiger partial charge in [-0.1, -0.05) is 32.4 Å². The Kier molecular flexibility index (Phi) is 2.94. The summed E-state index contributed by atoms with van der Waals surface area (Å²) in [5.74, 6) is 0. The third-order valence-corrected chi connectivity index (χ3v) is 4.09. The van der Waals surface area contributed by atoms with Crippen LogP contribution in [0.3, 0.4) is 0 Å². The van der Waals surface area contributed by atoms with E-state index in [4.69, 9.17) is 11.6 Å². The minimum Gasteiger partial charge on any atom is -0.334 e. The molecule has 0 fully saturated rings. The van der Waals surface area contributed by atoms with Crippen molar-refractivity contribution in [3.63, 3.8) is 0 Å². The summed E-state index contributed by atoms with van der Waals surface area (Å²) in [6, 6.07) is 2.18. The quantitative estimate of drug-likeness (QED) is 0.780. The lowest BCUT2D eigenvalue weighted by molar-refractivity contribution is 0.504. The third kappa shape index (κ3) is 1.85. The van der Waals surface area contributed by atoms with Gasteiger partial charge in [-0.05, 0) is 36.0 Å². The summed E-state index contributed by atoms with van der Waals surface area (Å²) in [5.41, 5.74) is 4.58. The molecule has 0 amide bonds. The van der Waals surface area contributed by atoms with Gasteiger partial charge >= 0.3 is 0 Å². The first-order valence-electron chi connectivity index (χ1n) is 5.99. The fraction of sp³-hybridized carbons (Fsp3) is 0.500. The Morgan fingerprint density at radius 1 is 1.41 bits per heavy atom. The van der Waals surface area contributed by atoms with E-state index in [1.54, 1.807) is 0 Å². The summed E-state index contributed by atoms with van der Waals surface area (Å²) in [6.07, 6.45) is 2.88. The van der Waals surface area contributed by atoms with Crippen LogP contribution in [0.1, 0.15) is 38.3 Å². The number of aromatic nitrogens is 2. The van der Waals surface area contributed by atoms with Gasteiger partial charge in [-0.15, -0.1) is 0 Å². The van der Waals surface area contributed by atoms with Crippen molar-refractivity contribution in [2.75, 3.05) is 0 Å². The number of benzene rings is 1. The van der Waals surface area contributed by atoms with Gasteiger partial charge in [-0.3, -0.25) is 0 Å². The van der Waals surface area contributed by atoms with E-state index < -0.39 is 0 Å². The third-order valence-electron chi connectivity index (χ3n) is 3.72. The minimum atomic E-state index is 0.0902. The molecule has 0 radical (unpaired) electrons. The highest BCUT2D eigenvalue weighted by Gasteiger charge is 2.25. The SMILES string of the molecule is CCC(C)(C)c1c(C)cc2c(ncn2C)c1Cl. The first-order valence-corrected chi connectivity index (χ1v) is 6.37. The normalized spacial score (nSPS) is 12.4. The number of hydrogen-bond donors (Lipinski definition) is 0. The number of halogens is 1. The molecule has 1 aromatic heterocycles. The molecule has 2 aromatic rings. The molecule has 1 aromatic carbocycles. The van der Waals surface area contributed by atoms with Crippen molar-refractivity contribution in [1.29, 1.82) is 0 Å². The summed E-state index contributed by atoms with van der Waals surface area (Å²) in [4.78, 5) is 4.40. The Bertz CT molecular complexity index is 567. The van der Waals surface area contributed by atoms with Crippen LogP contribution < -0.4 is 0 Å². The highest BCUT2D eigenvalue weighted by molar-refractivity contribution is 6.36. The van der Waals surface area contributed by atoms with Gasteiger partial charge in [0, 0.05) is 7.05 Å². The molecule has 2 rings (SSSR count). The molecular formula is C14H19ClN2. The second-order valence-electron chi connectivity index (χ2n) is 5.34. The van der Waals surface area contributed by atoms with Gasteiger partial charge in [0.15, 0.2) is 0 Å². The van der Waals surface area contributed by atoms with E-state index in [2.05, 4.69) is 38.7 Å². The van der Waals surface area contributed by atoms with E-state index in [0.717, 1.165) is 22.5 Å². The molecule has 0 aliphatic heterocycles. The zero-order chi connectivity index (χ0) is 12.8. The monoisotopic (exact) mass is 250 g/mol. The molecule has 0 N–H and O–H groups in total. The Labute approximate surface area is 108 Å². The summed E-state index contributed by atoms with van der Waals surface area (Å²) >= 11 is 6.55. The van der Waals surface area contributed by atoms with Crippen LogP contribution in [0.5, 0.6) is 0 Å². The van der Waals surface area contributed by atoms with E-state index in [-0.39, 0.29) is 5.41 Å². The van der Waals surface area contributed by atoms with Crippen LogP contribution in [0, 0.1) is 6.92 Å². The van der Waals surface area contributed by atoms with Crippen molar-refractivity contribution in [3.05, 3.63) is 28.5 Å². The molecule has 0 aliphatic carbocycles. The summed E-state index contributed by atoms with van der Waals surface area (Å²) < 4.78 is 2.01. The highest BCUT2D eigenvalue weighted by atomic mass is 35.5. The maximum atomic E-state index is 6.55. The molecule has 0 saturated carbocycles. The molecule has 0 unspecified atom stereocenters. The topological polar surface area (TPSA) is 17.8 Å². The van der Waals surface area contributed by atoms with E-state index in [1.807, 2.05) is 17.9 Å². The maximum Gasteiger partial charge on any atom is 0.107 e. The zero-order valence-electron chi connectivity index (χ0n) is 11.1. The number of fused-ring (bicyclic) bond motifs is 1. The summed E-state index contributed by atoms with van der Waals surface area (Å²) in [7, 11) is 2.00. The van der Waals surface area contributed by atoms with Gasteiger partial charge in [0.05, 0.1) is 16.9 Å². The van der Waals surface area contributed by atoms with Crippen molar-refractivity contribution in [2.24, 2.45) is 7.05 Å². The number of rotatable bonds is 2. The van der Waals surface area contributed by atoms with Crippen LogP contribution >= 0.6 is 11.6 Å². The Hall–Kier alpha value is -1.02. The lowest BCUT2D eigenvalue weighted by Gasteiger charge is -2.27. The lowest BCUT2D eigenvalue weighted by Crippen LogP contribution is -2.18. The van der Waals surface area contributed by atoms with Crippen LogP contribution in [0.15, 0.2) is 12.4 Å². The molecule has 2 nitrogen and oxygen atoms in total. The van der Waals surface area contributed by atoms with Gasteiger partial charge in [-0.2, -0.15) is 0 Å². The molecule has 0 bridgehead atoms. The predicted octanol–water partition coefficient (Wildman–Crippen LogP) is 4.22. The number of nitrogens with zero attached hydrogens (tertiary/aromatic N) is 2. The van der Waals surface area contributed by atoms with E-state index >= 15 is 0 Å². The van der Waals surface area contributed by atoms with E-state index in [1.165, 1.54) is 11.1 Å². The van der Waals surface area contributed by atoms with Gasteiger partial charge < -0.3 is 4.57 Å². The summed E-state index contributed by atoms with van der Waals surface area (Å²) in [6.45, 7) is 8.79. The Morgan fingerprint density at radius 2 is 2.06 bits per heavy atom. The molecule has 0 atom stereocenters. The lowest BCUT2D eigenvalue weighted by atomic mass is 9.79. The number of imidazole rings is 1. The first-order chi connectivity index (χ1) is 7.88. The van der Waals surface area contributed by atoms with Gasteiger partial charge in [0.1, 0.15) is 5.52 Å². The Morgan fingerprint density at radius 3 is 2.65 bits per heavy atom. The van der Waals surface area contributed by atoms with Crippen molar-refractivity contribution in [2.45, 2.75) is 39.5 Å². The van der Waals surface area contributed by atoms with Crippen molar-refractivity contribution in [3.8, 4) is 0 Å². The Balaban J connectivity index is 2.82. The molecule has 0 aliphatic rings. The molecule has 92 valence electrons.